The van der Waals surface area contributed by atoms with Gasteiger partial charge in [-0.2, -0.15) is 0 Å². The number of aromatic nitrogens is 4. The van der Waals surface area contributed by atoms with Crippen LogP contribution in [-0.2, 0) is 25.4 Å². The van der Waals surface area contributed by atoms with Crippen molar-refractivity contribution < 1.29 is 23.4 Å². The van der Waals surface area contributed by atoms with Crippen LogP contribution in [0.2, 0.25) is 0 Å². The predicted octanol–water partition coefficient (Wildman–Crippen LogP) is 3.34. The summed E-state index contributed by atoms with van der Waals surface area (Å²) in [5.41, 5.74) is 7.58. The quantitative estimate of drug-likeness (QED) is 0.313. The molecule has 1 aromatic carbocycles. The first-order chi connectivity index (χ1) is 15.7. The lowest BCUT2D eigenvalue weighted by molar-refractivity contribution is -0.147. The van der Waals surface area contributed by atoms with Crippen molar-refractivity contribution in [1.82, 2.24) is 19.5 Å². The van der Waals surface area contributed by atoms with E-state index in [1.165, 1.54) is 6.33 Å². The molecule has 0 amide bonds. The van der Waals surface area contributed by atoms with Crippen molar-refractivity contribution in [1.29, 1.82) is 0 Å². The highest BCUT2D eigenvalue weighted by atomic mass is 31.1. The number of hydrogen-bond acceptors (Lipinski definition) is 10. The van der Waals surface area contributed by atoms with Crippen LogP contribution in [-0.4, -0.2) is 50.1 Å². The molecular formula is C21H28N6O5P+. The number of rotatable bonds is 11. The van der Waals surface area contributed by atoms with Crippen LogP contribution >= 0.6 is 8.03 Å². The Bertz CT molecular complexity index is 1120. The molecule has 0 aliphatic rings. The Labute approximate surface area is 192 Å². The maximum atomic E-state index is 12.4. The fourth-order valence-electron chi connectivity index (χ4n) is 2.98. The van der Waals surface area contributed by atoms with Crippen molar-refractivity contribution >= 4 is 36.7 Å². The number of nitrogens with zero attached hydrogens (tertiary/aromatic N) is 4. The highest BCUT2D eigenvalue weighted by Crippen LogP contribution is 2.29. The molecule has 3 atom stereocenters. The highest BCUT2D eigenvalue weighted by molar-refractivity contribution is 7.39. The van der Waals surface area contributed by atoms with Gasteiger partial charge in [0.05, 0.1) is 25.1 Å². The Hall–Kier alpha value is -3.30. The summed E-state index contributed by atoms with van der Waals surface area (Å²) in [4.78, 5) is 24.3. The topological polar surface area (TPSA) is 143 Å². The highest BCUT2D eigenvalue weighted by Gasteiger charge is 2.23. The van der Waals surface area contributed by atoms with Crippen molar-refractivity contribution in [3.63, 3.8) is 0 Å². The maximum Gasteiger partial charge on any atom is 0.585 e. The Morgan fingerprint density at radius 1 is 1.21 bits per heavy atom. The second-order valence-corrected chi connectivity index (χ2v) is 8.84. The van der Waals surface area contributed by atoms with Gasteiger partial charge in [-0.15, -0.1) is 0 Å². The number of carbonyl (C=O) groups excluding carboxylic acids is 1. The van der Waals surface area contributed by atoms with Crippen LogP contribution in [0.15, 0.2) is 36.9 Å². The lowest BCUT2D eigenvalue weighted by Gasteiger charge is -2.16. The number of nitrogens with two attached hydrogens (primary N) is 1. The van der Waals surface area contributed by atoms with Gasteiger partial charge in [0.1, 0.15) is 17.9 Å². The second kappa shape index (κ2) is 11.0. The SMILES string of the molecule is CC(C)OC(=O)[C@H](C)Nc1cccc(O[P+](=O)CO[C@H](C)Cn2cnc3c(N)ncnc32)c1. The number of carbonyl (C=O) groups is 1. The van der Waals surface area contributed by atoms with Gasteiger partial charge in [-0.05, 0) is 44.4 Å². The summed E-state index contributed by atoms with van der Waals surface area (Å²) in [6, 6.07) is 6.32. The van der Waals surface area contributed by atoms with Crippen molar-refractivity contribution in [2.45, 2.75) is 52.5 Å². The molecule has 0 saturated heterocycles. The molecule has 0 aliphatic carbocycles. The zero-order chi connectivity index (χ0) is 24.0. The zero-order valence-electron chi connectivity index (χ0n) is 19.0. The number of nitrogens with one attached hydrogen (secondary N) is 1. The standard InChI is InChI=1S/C21H28N6O5P/c1-13(2)31-21(28)15(4)26-16-6-5-7-17(8-16)32-33(29)12-30-14(3)9-27-11-25-18-19(22)23-10-24-20(18)27/h5-8,10-11,13-15,26H,9,12H2,1-4H3,(H2,22,23,24)/q+1/t14-,15+/m1/s1. The first kappa shape index (κ1) is 24.3. The minimum Gasteiger partial charge on any atom is -0.461 e. The van der Waals surface area contributed by atoms with E-state index < -0.39 is 14.1 Å². The van der Waals surface area contributed by atoms with Crippen LogP contribution < -0.4 is 15.6 Å². The summed E-state index contributed by atoms with van der Waals surface area (Å²) in [6.45, 7) is 7.58. The molecule has 0 bridgehead atoms. The van der Waals surface area contributed by atoms with Crippen LogP contribution in [0.5, 0.6) is 5.75 Å². The molecule has 3 rings (SSSR count). The number of nitrogen functional groups attached to an aromatic ring is 1. The minimum atomic E-state index is -2.11. The molecule has 33 heavy (non-hydrogen) atoms. The summed E-state index contributed by atoms with van der Waals surface area (Å²) in [6.07, 6.45) is 2.43. The molecule has 2 aromatic heterocycles. The number of anilines is 2. The van der Waals surface area contributed by atoms with E-state index in [0.29, 0.717) is 35.0 Å². The normalized spacial score (nSPS) is 13.5. The van der Waals surface area contributed by atoms with Crippen LogP contribution in [0.25, 0.3) is 11.2 Å². The van der Waals surface area contributed by atoms with E-state index in [2.05, 4.69) is 20.3 Å². The van der Waals surface area contributed by atoms with Crippen molar-refractivity contribution in [2.75, 3.05) is 17.4 Å². The average Bonchev–Trinajstić information content (AvgIpc) is 3.16. The number of benzene rings is 1. The van der Waals surface area contributed by atoms with Gasteiger partial charge < -0.3 is 25.1 Å². The monoisotopic (exact) mass is 475 g/mol. The Morgan fingerprint density at radius 3 is 2.76 bits per heavy atom. The summed E-state index contributed by atoms with van der Waals surface area (Å²) in [7, 11) is -2.11. The summed E-state index contributed by atoms with van der Waals surface area (Å²) in [5.74, 6) is 0.353. The first-order valence-electron chi connectivity index (χ1n) is 10.5. The summed E-state index contributed by atoms with van der Waals surface area (Å²) < 4.78 is 30.6. The number of imidazole rings is 1. The molecule has 0 radical (unpaired) electrons. The van der Waals surface area contributed by atoms with Gasteiger partial charge in [0, 0.05) is 11.8 Å². The van der Waals surface area contributed by atoms with E-state index in [-0.39, 0.29) is 24.5 Å². The fourth-order valence-corrected chi connectivity index (χ4v) is 3.76. The second-order valence-electron chi connectivity index (χ2n) is 7.74. The predicted molar refractivity (Wildman–Crippen MR) is 124 cm³/mol. The zero-order valence-corrected chi connectivity index (χ0v) is 19.9. The number of hydrogen-bond donors (Lipinski definition) is 2. The number of esters is 1. The molecule has 0 aliphatic heterocycles. The lowest BCUT2D eigenvalue weighted by atomic mass is 10.2. The fraction of sp³-hybridized carbons (Fsp3) is 0.429. The lowest BCUT2D eigenvalue weighted by Crippen LogP contribution is -2.30. The van der Waals surface area contributed by atoms with Crippen molar-refractivity contribution in [3.05, 3.63) is 36.9 Å². The van der Waals surface area contributed by atoms with E-state index >= 15 is 0 Å². The first-order valence-corrected chi connectivity index (χ1v) is 11.8. The smallest absolute Gasteiger partial charge is 0.461 e. The maximum absolute atomic E-state index is 12.4. The molecule has 3 N–H and O–H groups in total. The average molecular weight is 475 g/mol. The van der Waals surface area contributed by atoms with E-state index in [9.17, 15) is 9.36 Å². The summed E-state index contributed by atoms with van der Waals surface area (Å²) in [5, 5.41) is 3.05. The third kappa shape index (κ3) is 6.84. The molecule has 1 unspecified atom stereocenters. The molecule has 12 heteroatoms. The molecular weight excluding hydrogens is 447 g/mol. The third-order valence-corrected chi connectivity index (χ3v) is 5.25. The van der Waals surface area contributed by atoms with Crippen LogP contribution in [0.1, 0.15) is 27.7 Å². The Balaban J connectivity index is 1.49. The van der Waals surface area contributed by atoms with Crippen molar-refractivity contribution in [3.8, 4) is 5.75 Å². The summed E-state index contributed by atoms with van der Waals surface area (Å²) >= 11 is 0. The van der Waals surface area contributed by atoms with E-state index in [4.69, 9.17) is 19.7 Å². The Morgan fingerprint density at radius 2 is 2.00 bits per heavy atom. The van der Waals surface area contributed by atoms with Gasteiger partial charge in [0.2, 0.25) is 0 Å². The van der Waals surface area contributed by atoms with Gasteiger partial charge in [0.25, 0.3) is 6.35 Å². The Kier molecular flexibility index (Phi) is 8.13. The molecule has 0 saturated carbocycles. The van der Waals surface area contributed by atoms with Crippen LogP contribution in [0.4, 0.5) is 11.5 Å². The molecule has 3 aromatic rings. The minimum absolute atomic E-state index is 0.0883. The number of ether oxygens (including phenoxy) is 2. The van der Waals surface area contributed by atoms with Gasteiger partial charge in [-0.25, -0.2) is 19.7 Å². The van der Waals surface area contributed by atoms with E-state index in [1.807, 2.05) is 6.92 Å². The van der Waals surface area contributed by atoms with E-state index in [1.54, 1.807) is 55.9 Å². The van der Waals surface area contributed by atoms with E-state index in [0.717, 1.165) is 0 Å². The molecule has 176 valence electrons. The van der Waals surface area contributed by atoms with Crippen LogP contribution in [0, 0.1) is 0 Å². The van der Waals surface area contributed by atoms with Gasteiger partial charge in [0.15, 0.2) is 17.2 Å². The molecule has 0 fully saturated rings. The number of fused-ring (bicyclic) bond motifs is 1. The van der Waals surface area contributed by atoms with Crippen molar-refractivity contribution in [2.24, 2.45) is 0 Å². The van der Waals surface area contributed by atoms with Gasteiger partial charge in [-0.3, -0.25) is 4.52 Å². The van der Waals surface area contributed by atoms with Gasteiger partial charge in [-0.1, -0.05) is 6.07 Å². The van der Waals surface area contributed by atoms with Gasteiger partial charge >= 0.3 is 14.0 Å². The van der Waals surface area contributed by atoms with Crippen LogP contribution in [0.3, 0.4) is 0 Å². The third-order valence-electron chi connectivity index (χ3n) is 4.48. The molecule has 0 spiro atoms. The molecule has 2 heterocycles. The molecule has 11 nitrogen and oxygen atoms in total. The largest absolute Gasteiger partial charge is 0.585 e.